The van der Waals surface area contributed by atoms with Gasteiger partial charge in [-0.05, 0) is 24.1 Å². The second-order valence-electron chi connectivity index (χ2n) is 5.58. The number of aliphatic hydroxyl groups excluding tert-OH is 1. The van der Waals surface area contributed by atoms with E-state index in [1.807, 2.05) is 0 Å². The largest absolute Gasteiger partial charge is 0.405 e. The van der Waals surface area contributed by atoms with Gasteiger partial charge in [0, 0.05) is 6.54 Å². The summed E-state index contributed by atoms with van der Waals surface area (Å²) in [6, 6.07) is 4.85. The highest BCUT2D eigenvalue weighted by Gasteiger charge is 2.36. The van der Waals surface area contributed by atoms with Crippen LogP contribution in [-0.2, 0) is 9.59 Å². The zero-order valence-corrected chi connectivity index (χ0v) is 12.5. The van der Waals surface area contributed by atoms with Crippen LogP contribution in [0.2, 0.25) is 0 Å². The number of hydrogen-bond donors (Lipinski definition) is 2. The maximum Gasteiger partial charge on any atom is 0.405 e. The summed E-state index contributed by atoms with van der Waals surface area (Å²) < 4.78 is 49.5. The minimum absolute atomic E-state index is 0.0629. The van der Waals surface area contributed by atoms with Crippen LogP contribution in [0.3, 0.4) is 0 Å². The highest BCUT2D eigenvalue weighted by Crippen LogP contribution is 2.32. The Hall–Kier alpha value is -2.16. The molecule has 0 aliphatic carbocycles. The van der Waals surface area contributed by atoms with E-state index in [9.17, 15) is 32.3 Å². The van der Waals surface area contributed by atoms with Crippen LogP contribution < -0.4 is 5.32 Å². The molecule has 1 aromatic carbocycles. The van der Waals surface area contributed by atoms with Crippen molar-refractivity contribution in [3.63, 3.8) is 0 Å². The molecule has 1 aromatic rings. The predicted molar refractivity (Wildman–Crippen MR) is 75.2 cm³/mol. The number of benzene rings is 1. The average molecular weight is 348 g/mol. The Bertz CT molecular complexity index is 621. The van der Waals surface area contributed by atoms with Gasteiger partial charge in [0.15, 0.2) is 0 Å². The molecule has 2 N–H and O–H groups in total. The van der Waals surface area contributed by atoms with Crippen LogP contribution in [0, 0.1) is 5.82 Å². The summed E-state index contributed by atoms with van der Waals surface area (Å²) in [6.45, 7) is -1.58. The third-order valence-electron chi connectivity index (χ3n) is 3.63. The molecular formula is C15H16F4N2O3. The summed E-state index contributed by atoms with van der Waals surface area (Å²) in [5, 5.41) is 11.4. The summed E-state index contributed by atoms with van der Waals surface area (Å²) in [5.74, 6) is -2.29. The van der Waals surface area contributed by atoms with Crippen LogP contribution in [0.25, 0.3) is 0 Å². The molecular weight excluding hydrogens is 332 g/mol. The highest BCUT2D eigenvalue weighted by molar-refractivity contribution is 5.97. The molecule has 1 fully saturated rings. The first-order valence-corrected chi connectivity index (χ1v) is 7.22. The monoisotopic (exact) mass is 348 g/mol. The predicted octanol–water partition coefficient (Wildman–Crippen LogP) is 1.53. The molecule has 0 unspecified atom stereocenters. The molecule has 0 saturated carbocycles. The SMILES string of the molecule is O=C(CC(=O)N1C[C@@H](O)C[C@H]1c1cccc(F)c1)NCC(F)(F)F. The van der Waals surface area contributed by atoms with Crippen molar-refractivity contribution in [1.29, 1.82) is 0 Å². The van der Waals surface area contributed by atoms with Crippen LogP contribution in [0.15, 0.2) is 24.3 Å². The maximum atomic E-state index is 13.3. The van der Waals surface area contributed by atoms with Gasteiger partial charge in [-0.2, -0.15) is 13.2 Å². The van der Waals surface area contributed by atoms with Gasteiger partial charge in [0.2, 0.25) is 11.8 Å². The standard InChI is InChI=1S/C15H16F4N2O3/c16-10-3-1-2-9(4-10)12-5-11(22)7-21(12)14(24)6-13(23)20-8-15(17,18)19/h1-4,11-12,22H,5-8H2,(H,20,23)/t11-,12-/m0/s1. The normalized spacial score (nSPS) is 21.0. The lowest BCUT2D eigenvalue weighted by molar-refractivity contribution is -0.143. The highest BCUT2D eigenvalue weighted by atomic mass is 19.4. The summed E-state index contributed by atoms with van der Waals surface area (Å²) in [4.78, 5) is 24.8. The second-order valence-corrected chi connectivity index (χ2v) is 5.58. The van der Waals surface area contributed by atoms with E-state index >= 15 is 0 Å². The Morgan fingerprint density at radius 2 is 2.04 bits per heavy atom. The maximum absolute atomic E-state index is 13.3. The summed E-state index contributed by atoms with van der Waals surface area (Å²) in [6.07, 6.45) is -6.01. The number of likely N-dealkylation sites (tertiary alicyclic amines) is 1. The van der Waals surface area contributed by atoms with Crippen LogP contribution >= 0.6 is 0 Å². The zero-order valence-electron chi connectivity index (χ0n) is 12.5. The second kappa shape index (κ2) is 7.16. The van der Waals surface area contributed by atoms with Crippen molar-refractivity contribution < 1.29 is 32.3 Å². The molecule has 1 aliphatic heterocycles. The molecule has 24 heavy (non-hydrogen) atoms. The van der Waals surface area contributed by atoms with Crippen molar-refractivity contribution in [2.24, 2.45) is 0 Å². The fourth-order valence-corrected chi connectivity index (χ4v) is 2.62. The summed E-state index contributed by atoms with van der Waals surface area (Å²) in [5.41, 5.74) is 0.454. The van der Waals surface area contributed by atoms with Gasteiger partial charge >= 0.3 is 6.18 Å². The van der Waals surface area contributed by atoms with E-state index in [2.05, 4.69) is 0 Å². The number of aliphatic hydroxyl groups is 1. The van der Waals surface area contributed by atoms with Gasteiger partial charge in [0.25, 0.3) is 0 Å². The van der Waals surface area contributed by atoms with E-state index in [4.69, 9.17) is 0 Å². The Kier molecular flexibility index (Phi) is 5.43. The number of carbonyl (C=O) groups is 2. The molecule has 1 heterocycles. The van der Waals surface area contributed by atoms with E-state index in [1.165, 1.54) is 23.1 Å². The molecule has 1 saturated heterocycles. The fraction of sp³-hybridized carbons (Fsp3) is 0.467. The molecule has 0 radical (unpaired) electrons. The Balaban J connectivity index is 2.02. The quantitative estimate of drug-likeness (QED) is 0.640. The molecule has 2 rings (SSSR count). The molecule has 2 amide bonds. The van der Waals surface area contributed by atoms with Gasteiger partial charge in [0.05, 0.1) is 12.1 Å². The smallest absolute Gasteiger partial charge is 0.391 e. The van der Waals surface area contributed by atoms with Crippen LogP contribution in [0.4, 0.5) is 17.6 Å². The van der Waals surface area contributed by atoms with Crippen molar-refractivity contribution >= 4 is 11.8 Å². The van der Waals surface area contributed by atoms with Crippen molar-refractivity contribution in [1.82, 2.24) is 10.2 Å². The lowest BCUT2D eigenvalue weighted by Gasteiger charge is -2.24. The Morgan fingerprint density at radius 3 is 2.67 bits per heavy atom. The van der Waals surface area contributed by atoms with E-state index in [0.29, 0.717) is 5.56 Å². The van der Waals surface area contributed by atoms with Gasteiger partial charge in [-0.1, -0.05) is 12.1 Å². The molecule has 0 bridgehead atoms. The molecule has 5 nitrogen and oxygen atoms in total. The number of halogens is 4. The summed E-state index contributed by atoms with van der Waals surface area (Å²) >= 11 is 0. The van der Waals surface area contributed by atoms with Crippen molar-refractivity contribution in [3.05, 3.63) is 35.6 Å². The number of β-amino-alcohol motifs (C(OH)–C–C–N with tert-alkyl or cyclic N) is 1. The van der Waals surface area contributed by atoms with Crippen LogP contribution in [0.1, 0.15) is 24.4 Å². The summed E-state index contributed by atoms with van der Waals surface area (Å²) in [7, 11) is 0. The molecule has 0 aromatic heterocycles. The molecule has 132 valence electrons. The van der Waals surface area contributed by atoms with Gasteiger partial charge in [-0.15, -0.1) is 0 Å². The zero-order chi connectivity index (χ0) is 17.9. The third-order valence-corrected chi connectivity index (χ3v) is 3.63. The number of hydrogen-bond acceptors (Lipinski definition) is 3. The topological polar surface area (TPSA) is 69.6 Å². The van der Waals surface area contributed by atoms with Crippen LogP contribution in [-0.4, -0.2) is 47.2 Å². The minimum atomic E-state index is -4.56. The van der Waals surface area contributed by atoms with E-state index in [-0.39, 0.29) is 13.0 Å². The minimum Gasteiger partial charge on any atom is -0.391 e. The lowest BCUT2D eigenvalue weighted by atomic mass is 10.0. The number of amides is 2. The number of rotatable bonds is 4. The first kappa shape index (κ1) is 18.2. The average Bonchev–Trinajstić information content (AvgIpc) is 2.87. The number of carbonyl (C=O) groups excluding carboxylic acids is 2. The Labute approximate surface area is 135 Å². The van der Waals surface area contributed by atoms with Crippen molar-refractivity contribution in [2.45, 2.75) is 31.2 Å². The first-order chi connectivity index (χ1) is 11.2. The van der Waals surface area contributed by atoms with Gasteiger partial charge in [-0.25, -0.2) is 4.39 Å². The van der Waals surface area contributed by atoms with Crippen molar-refractivity contribution in [2.75, 3.05) is 13.1 Å². The van der Waals surface area contributed by atoms with Gasteiger partial charge in [0.1, 0.15) is 18.8 Å². The van der Waals surface area contributed by atoms with E-state index < -0.39 is 48.9 Å². The van der Waals surface area contributed by atoms with Crippen LogP contribution in [0.5, 0.6) is 0 Å². The first-order valence-electron chi connectivity index (χ1n) is 7.22. The van der Waals surface area contributed by atoms with Crippen molar-refractivity contribution in [3.8, 4) is 0 Å². The Morgan fingerprint density at radius 1 is 1.33 bits per heavy atom. The molecule has 2 atom stereocenters. The third kappa shape index (κ3) is 4.92. The molecule has 0 spiro atoms. The van der Waals surface area contributed by atoms with Gasteiger partial charge < -0.3 is 15.3 Å². The van der Waals surface area contributed by atoms with E-state index in [1.54, 1.807) is 11.4 Å². The number of nitrogens with one attached hydrogen (secondary N) is 1. The van der Waals surface area contributed by atoms with Gasteiger partial charge in [-0.3, -0.25) is 9.59 Å². The molecule has 1 aliphatic rings. The fourth-order valence-electron chi connectivity index (χ4n) is 2.62. The number of alkyl halides is 3. The number of nitrogens with zero attached hydrogens (tertiary/aromatic N) is 1. The van der Waals surface area contributed by atoms with E-state index in [0.717, 1.165) is 0 Å². The molecule has 9 heteroatoms. The lowest BCUT2D eigenvalue weighted by Crippen LogP contribution is -2.39.